The Morgan fingerprint density at radius 2 is 1.78 bits per heavy atom. The number of imidazole rings is 1. The number of thioether (sulfide) groups is 1. The molecule has 0 spiro atoms. The maximum atomic E-state index is 13.0. The van der Waals surface area contributed by atoms with Gasteiger partial charge in [0.25, 0.3) is 0 Å². The third kappa shape index (κ3) is 7.00. The molecular formula is C26H31N3O6S. The smallest absolute Gasteiger partial charge is 0.414 e. The van der Waals surface area contributed by atoms with Crippen LogP contribution in [0.3, 0.4) is 0 Å². The minimum absolute atomic E-state index is 0.189. The first kappa shape index (κ1) is 27.1. The number of aromatic nitrogens is 2. The van der Waals surface area contributed by atoms with Crippen LogP contribution in [0.4, 0.5) is 10.5 Å². The largest absolute Gasteiger partial charge is 0.480 e. The van der Waals surface area contributed by atoms with Gasteiger partial charge < -0.3 is 19.1 Å². The summed E-state index contributed by atoms with van der Waals surface area (Å²) in [5.41, 5.74) is 2.21. The summed E-state index contributed by atoms with van der Waals surface area (Å²) in [5.74, 6) is -0.878. The van der Waals surface area contributed by atoms with Crippen molar-refractivity contribution in [2.45, 2.75) is 44.8 Å². The van der Waals surface area contributed by atoms with Crippen molar-refractivity contribution in [1.82, 2.24) is 9.55 Å². The normalized spacial score (nSPS) is 10.8. The van der Waals surface area contributed by atoms with Crippen molar-refractivity contribution >= 4 is 46.5 Å². The number of carbonyl (C=O) groups is 3. The lowest BCUT2D eigenvalue weighted by atomic mass is 10.1. The van der Waals surface area contributed by atoms with E-state index in [0.717, 1.165) is 23.9 Å². The number of unbranched alkanes of at least 4 members (excludes halogenated alkanes) is 1. The Morgan fingerprint density at radius 1 is 1.03 bits per heavy atom. The molecule has 0 radical (unpaired) electrons. The number of benzene rings is 2. The van der Waals surface area contributed by atoms with Crippen LogP contribution in [-0.2, 0) is 20.8 Å². The van der Waals surface area contributed by atoms with E-state index in [9.17, 15) is 19.5 Å². The van der Waals surface area contributed by atoms with E-state index < -0.39 is 18.0 Å². The zero-order chi connectivity index (χ0) is 25.9. The highest BCUT2D eigenvalue weighted by Crippen LogP contribution is 2.26. The molecule has 0 aliphatic rings. The first-order valence-electron chi connectivity index (χ1n) is 12.0. The number of para-hydroxylation sites is 3. The number of carboxylic acid groups (broad SMARTS) is 1. The molecule has 0 aliphatic heterocycles. The number of aliphatic carboxylic acids is 1. The minimum Gasteiger partial charge on any atom is -0.480 e. The van der Waals surface area contributed by atoms with Gasteiger partial charge in [-0.25, -0.2) is 14.6 Å². The highest BCUT2D eigenvalue weighted by molar-refractivity contribution is 7.99. The van der Waals surface area contributed by atoms with Crippen LogP contribution in [0.15, 0.2) is 53.7 Å². The van der Waals surface area contributed by atoms with Gasteiger partial charge in [0.2, 0.25) is 0 Å². The lowest BCUT2D eigenvalue weighted by molar-refractivity contribution is -0.137. The fourth-order valence-corrected chi connectivity index (χ4v) is 4.56. The molecule has 0 atom stereocenters. The Hall–Kier alpha value is -3.53. The number of hydrogen-bond donors (Lipinski definition) is 1. The van der Waals surface area contributed by atoms with Crippen molar-refractivity contribution in [2.24, 2.45) is 0 Å². The van der Waals surface area contributed by atoms with Crippen LogP contribution in [0, 0.1) is 0 Å². The SMILES string of the molecule is CCCCOC(=O)N(CCCSc1nc2ccccc2n1CC(=O)O)c1ccccc1C(=O)OCC. The molecule has 1 aromatic heterocycles. The number of amides is 1. The molecule has 0 unspecified atom stereocenters. The first-order chi connectivity index (χ1) is 17.5. The molecular weight excluding hydrogens is 482 g/mol. The number of esters is 1. The Labute approximate surface area is 214 Å². The number of anilines is 1. The van der Waals surface area contributed by atoms with Gasteiger partial charge in [0.15, 0.2) is 5.16 Å². The first-order valence-corrected chi connectivity index (χ1v) is 12.9. The molecule has 36 heavy (non-hydrogen) atoms. The molecule has 1 amide bonds. The fourth-order valence-electron chi connectivity index (χ4n) is 3.62. The Balaban J connectivity index is 1.75. The van der Waals surface area contributed by atoms with Gasteiger partial charge in [-0.05, 0) is 44.0 Å². The second-order valence-corrected chi connectivity index (χ2v) is 8.98. The standard InChI is InChI=1S/C26H31N3O6S/c1-3-5-16-35-26(33)28(21-13-8-6-11-19(21)24(32)34-4-2)15-10-17-36-25-27-20-12-7-9-14-22(20)29(25)18-23(30)31/h6-9,11-14H,3-5,10,15-18H2,1-2H3,(H,30,31). The van der Waals surface area contributed by atoms with Crippen molar-refractivity contribution in [3.63, 3.8) is 0 Å². The van der Waals surface area contributed by atoms with Crippen molar-refractivity contribution in [2.75, 3.05) is 30.4 Å². The van der Waals surface area contributed by atoms with Crippen molar-refractivity contribution < 1.29 is 29.0 Å². The van der Waals surface area contributed by atoms with E-state index in [1.807, 2.05) is 31.2 Å². The van der Waals surface area contributed by atoms with Gasteiger partial charge in [0, 0.05) is 12.3 Å². The number of hydrogen-bond acceptors (Lipinski definition) is 7. The highest BCUT2D eigenvalue weighted by Gasteiger charge is 2.23. The molecule has 9 nitrogen and oxygen atoms in total. The van der Waals surface area contributed by atoms with E-state index in [2.05, 4.69) is 4.98 Å². The predicted molar refractivity (Wildman–Crippen MR) is 139 cm³/mol. The van der Waals surface area contributed by atoms with Crippen molar-refractivity contribution in [1.29, 1.82) is 0 Å². The average Bonchev–Trinajstić information content (AvgIpc) is 3.21. The van der Waals surface area contributed by atoms with Crippen LogP contribution in [0.5, 0.6) is 0 Å². The number of nitrogens with zero attached hydrogens (tertiary/aromatic N) is 3. The lowest BCUT2D eigenvalue weighted by Gasteiger charge is -2.24. The molecule has 0 aliphatic carbocycles. The van der Waals surface area contributed by atoms with Crippen LogP contribution in [-0.4, -0.2) is 58.2 Å². The van der Waals surface area contributed by atoms with Crippen molar-refractivity contribution in [3.05, 3.63) is 54.1 Å². The Bertz CT molecular complexity index is 1200. The van der Waals surface area contributed by atoms with E-state index in [1.165, 1.54) is 16.7 Å². The Morgan fingerprint density at radius 3 is 2.53 bits per heavy atom. The third-order valence-electron chi connectivity index (χ3n) is 5.30. The molecule has 0 saturated carbocycles. The van der Waals surface area contributed by atoms with Gasteiger partial charge in [-0.15, -0.1) is 0 Å². The molecule has 192 valence electrons. The predicted octanol–water partition coefficient (Wildman–Crippen LogP) is 5.22. The minimum atomic E-state index is -0.948. The molecule has 3 rings (SSSR count). The molecule has 1 N–H and O–H groups in total. The molecule has 3 aromatic rings. The average molecular weight is 514 g/mol. The van der Waals surface area contributed by atoms with Gasteiger partial charge in [-0.3, -0.25) is 9.69 Å². The summed E-state index contributed by atoms with van der Waals surface area (Å²) in [6, 6.07) is 14.2. The van der Waals surface area contributed by atoms with E-state index in [0.29, 0.717) is 41.7 Å². The van der Waals surface area contributed by atoms with Crippen LogP contribution in [0.2, 0.25) is 0 Å². The number of carboxylic acids is 1. The summed E-state index contributed by atoms with van der Waals surface area (Å²) >= 11 is 1.42. The van der Waals surface area contributed by atoms with Gasteiger partial charge in [-0.2, -0.15) is 0 Å². The van der Waals surface area contributed by atoms with Gasteiger partial charge in [0.05, 0.1) is 35.5 Å². The van der Waals surface area contributed by atoms with Gasteiger partial charge in [0.1, 0.15) is 6.54 Å². The maximum absolute atomic E-state index is 13.0. The molecule has 0 fully saturated rings. The second kappa shape index (κ2) is 13.5. The van der Waals surface area contributed by atoms with E-state index >= 15 is 0 Å². The topological polar surface area (TPSA) is 111 Å². The summed E-state index contributed by atoms with van der Waals surface area (Å²) in [4.78, 5) is 42.9. The second-order valence-electron chi connectivity index (χ2n) is 7.92. The summed E-state index contributed by atoms with van der Waals surface area (Å²) in [6.45, 7) is 4.37. The number of carbonyl (C=O) groups excluding carboxylic acids is 2. The summed E-state index contributed by atoms with van der Waals surface area (Å²) < 4.78 is 12.3. The van der Waals surface area contributed by atoms with Crippen molar-refractivity contribution in [3.8, 4) is 0 Å². The van der Waals surface area contributed by atoms with Crippen LogP contribution in [0.1, 0.15) is 43.5 Å². The monoisotopic (exact) mass is 513 g/mol. The lowest BCUT2D eigenvalue weighted by Crippen LogP contribution is -2.34. The number of ether oxygens (including phenoxy) is 2. The van der Waals surface area contributed by atoms with E-state index in [4.69, 9.17) is 9.47 Å². The summed E-state index contributed by atoms with van der Waals surface area (Å²) in [6.07, 6.45) is 1.67. The Kier molecular flexibility index (Phi) is 10.2. The maximum Gasteiger partial charge on any atom is 0.414 e. The number of rotatable bonds is 13. The highest BCUT2D eigenvalue weighted by atomic mass is 32.2. The van der Waals surface area contributed by atoms with E-state index in [1.54, 1.807) is 35.8 Å². The number of fused-ring (bicyclic) bond motifs is 1. The molecule has 0 saturated heterocycles. The van der Waals surface area contributed by atoms with Gasteiger partial charge >= 0.3 is 18.0 Å². The van der Waals surface area contributed by atoms with Crippen LogP contribution < -0.4 is 4.90 Å². The van der Waals surface area contributed by atoms with Gasteiger partial charge in [-0.1, -0.05) is 49.4 Å². The molecule has 0 bridgehead atoms. The molecule has 2 aromatic carbocycles. The zero-order valence-electron chi connectivity index (χ0n) is 20.5. The van der Waals surface area contributed by atoms with E-state index in [-0.39, 0.29) is 13.2 Å². The van der Waals surface area contributed by atoms with Crippen LogP contribution >= 0.6 is 11.8 Å². The molecule has 10 heteroatoms. The summed E-state index contributed by atoms with van der Waals surface area (Å²) in [5, 5.41) is 9.94. The fraction of sp³-hybridized carbons (Fsp3) is 0.385. The summed E-state index contributed by atoms with van der Waals surface area (Å²) in [7, 11) is 0. The zero-order valence-corrected chi connectivity index (χ0v) is 21.3. The third-order valence-corrected chi connectivity index (χ3v) is 6.37. The van der Waals surface area contributed by atoms with Crippen LogP contribution in [0.25, 0.3) is 11.0 Å². The molecule has 1 heterocycles. The quantitative estimate of drug-likeness (QED) is 0.188.